The van der Waals surface area contributed by atoms with E-state index in [4.69, 9.17) is 21.1 Å². The van der Waals surface area contributed by atoms with Crippen LogP contribution in [0.1, 0.15) is 12.5 Å². The summed E-state index contributed by atoms with van der Waals surface area (Å²) in [6.45, 7) is 3.60. The second kappa shape index (κ2) is 7.18. The molecule has 2 aromatic carbocycles. The molecule has 0 heterocycles. The van der Waals surface area contributed by atoms with Gasteiger partial charge in [-0.3, -0.25) is 4.79 Å². The van der Waals surface area contributed by atoms with Gasteiger partial charge < -0.3 is 14.8 Å². The number of methoxy groups -OCH3 is 1. The number of hydrogen-bond donors (Lipinski definition) is 1. The molecule has 4 nitrogen and oxygen atoms in total. The molecular formula is C17H18ClNO3. The molecule has 0 unspecified atom stereocenters. The van der Waals surface area contributed by atoms with Crippen molar-refractivity contribution in [1.29, 1.82) is 0 Å². The molecule has 2 rings (SSSR count). The zero-order valence-corrected chi connectivity index (χ0v) is 13.5. The summed E-state index contributed by atoms with van der Waals surface area (Å²) in [6, 6.07) is 12.4. The number of carbonyl (C=O) groups is 1. The number of rotatable bonds is 5. The van der Waals surface area contributed by atoms with Gasteiger partial charge in [-0.25, -0.2) is 0 Å². The second-order valence-corrected chi connectivity index (χ2v) is 5.32. The van der Waals surface area contributed by atoms with Crippen LogP contribution in [0.4, 0.5) is 5.69 Å². The number of aryl methyl sites for hydroxylation is 1. The fraction of sp³-hybridized carbons (Fsp3) is 0.235. The van der Waals surface area contributed by atoms with Crippen LogP contribution in [-0.4, -0.2) is 19.1 Å². The molecule has 0 saturated carbocycles. The van der Waals surface area contributed by atoms with E-state index in [-0.39, 0.29) is 5.91 Å². The average molecular weight is 320 g/mol. The highest BCUT2D eigenvalue weighted by atomic mass is 35.5. The summed E-state index contributed by atoms with van der Waals surface area (Å²) in [5, 5.41) is 3.39. The van der Waals surface area contributed by atoms with E-state index in [1.807, 2.05) is 13.0 Å². The summed E-state index contributed by atoms with van der Waals surface area (Å²) in [5.74, 6) is 1.10. The van der Waals surface area contributed by atoms with Gasteiger partial charge in [0, 0.05) is 10.7 Å². The van der Waals surface area contributed by atoms with Crippen molar-refractivity contribution in [2.24, 2.45) is 0 Å². The molecule has 1 atom stereocenters. The van der Waals surface area contributed by atoms with Gasteiger partial charge in [0.1, 0.15) is 11.5 Å². The number of ether oxygens (including phenoxy) is 2. The Kier molecular flexibility index (Phi) is 5.28. The zero-order chi connectivity index (χ0) is 16.1. The Morgan fingerprint density at radius 2 is 1.77 bits per heavy atom. The predicted octanol–water partition coefficient (Wildman–Crippen LogP) is 4.06. The summed E-state index contributed by atoms with van der Waals surface area (Å²) in [6.07, 6.45) is -0.633. The Morgan fingerprint density at radius 3 is 2.41 bits per heavy atom. The number of hydrogen-bond acceptors (Lipinski definition) is 3. The molecule has 0 fully saturated rings. The second-order valence-electron chi connectivity index (χ2n) is 4.88. The van der Waals surface area contributed by atoms with Crippen molar-refractivity contribution in [3.05, 3.63) is 53.1 Å². The number of benzene rings is 2. The third-order valence-corrected chi connectivity index (χ3v) is 3.43. The zero-order valence-electron chi connectivity index (χ0n) is 12.7. The number of halogens is 1. The van der Waals surface area contributed by atoms with Crippen LogP contribution >= 0.6 is 11.6 Å². The smallest absolute Gasteiger partial charge is 0.265 e. The monoisotopic (exact) mass is 319 g/mol. The highest BCUT2D eigenvalue weighted by molar-refractivity contribution is 6.31. The number of nitrogens with one attached hydrogen (secondary N) is 1. The third-order valence-electron chi connectivity index (χ3n) is 3.20. The van der Waals surface area contributed by atoms with E-state index < -0.39 is 6.10 Å². The molecule has 1 amide bonds. The third kappa shape index (κ3) is 4.15. The fourth-order valence-electron chi connectivity index (χ4n) is 1.88. The van der Waals surface area contributed by atoms with Gasteiger partial charge >= 0.3 is 0 Å². The van der Waals surface area contributed by atoms with Crippen LogP contribution in [0.5, 0.6) is 11.5 Å². The lowest BCUT2D eigenvalue weighted by molar-refractivity contribution is -0.122. The van der Waals surface area contributed by atoms with E-state index in [9.17, 15) is 4.79 Å². The molecule has 0 bridgehead atoms. The lowest BCUT2D eigenvalue weighted by atomic mass is 10.2. The summed E-state index contributed by atoms with van der Waals surface area (Å²) in [5.41, 5.74) is 1.62. The van der Waals surface area contributed by atoms with Gasteiger partial charge in [-0.2, -0.15) is 0 Å². The Balaban J connectivity index is 2.00. The lowest BCUT2D eigenvalue weighted by Crippen LogP contribution is -2.30. The molecule has 1 N–H and O–H groups in total. The van der Waals surface area contributed by atoms with Crippen LogP contribution in [-0.2, 0) is 4.79 Å². The number of amides is 1. The Hall–Kier alpha value is -2.20. The van der Waals surface area contributed by atoms with E-state index in [0.717, 1.165) is 11.3 Å². The summed E-state index contributed by atoms with van der Waals surface area (Å²) < 4.78 is 10.7. The summed E-state index contributed by atoms with van der Waals surface area (Å²) in [7, 11) is 1.60. The van der Waals surface area contributed by atoms with Crippen molar-refractivity contribution >= 4 is 23.2 Å². The van der Waals surface area contributed by atoms with E-state index in [0.29, 0.717) is 16.5 Å². The molecule has 0 aliphatic rings. The van der Waals surface area contributed by atoms with E-state index in [1.165, 1.54) is 0 Å². The molecule has 2 aromatic rings. The summed E-state index contributed by atoms with van der Waals surface area (Å²) >= 11 is 5.94. The van der Waals surface area contributed by atoms with Crippen molar-refractivity contribution in [3.63, 3.8) is 0 Å². The van der Waals surface area contributed by atoms with Crippen molar-refractivity contribution in [3.8, 4) is 11.5 Å². The van der Waals surface area contributed by atoms with E-state index >= 15 is 0 Å². The molecular weight excluding hydrogens is 302 g/mol. The highest BCUT2D eigenvalue weighted by Gasteiger charge is 2.16. The Bertz CT molecular complexity index is 655. The number of carbonyl (C=O) groups excluding carboxylic acids is 1. The normalized spacial score (nSPS) is 11.6. The SMILES string of the molecule is COc1ccc(O[C@H](C)C(=O)Nc2cc(Cl)ccc2C)cc1. The standard InChI is InChI=1S/C17H18ClNO3/c1-11-4-5-13(18)10-16(11)19-17(20)12(2)22-15-8-6-14(21-3)7-9-15/h4-10,12H,1-3H3,(H,19,20)/t12-/m1/s1. The summed E-state index contributed by atoms with van der Waals surface area (Å²) in [4.78, 5) is 12.2. The minimum atomic E-state index is -0.633. The minimum absolute atomic E-state index is 0.235. The van der Waals surface area contributed by atoms with E-state index in [1.54, 1.807) is 50.4 Å². The molecule has 0 radical (unpaired) electrons. The first-order valence-electron chi connectivity index (χ1n) is 6.87. The minimum Gasteiger partial charge on any atom is -0.497 e. The highest BCUT2D eigenvalue weighted by Crippen LogP contribution is 2.21. The maximum absolute atomic E-state index is 12.2. The fourth-order valence-corrected chi connectivity index (χ4v) is 2.05. The topological polar surface area (TPSA) is 47.6 Å². The van der Waals surface area contributed by atoms with Crippen LogP contribution in [0.15, 0.2) is 42.5 Å². The maximum atomic E-state index is 12.2. The lowest BCUT2D eigenvalue weighted by Gasteiger charge is -2.16. The first-order valence-corrected chi connectivity index (χ1v) is 7.25. The molecule has 116 valence electrons. The van der Waals surface area contributed by atoms with Crippen molar-refractivity contribution in [2.45, 2.75) is 20.0 Å². The van der Waals surface area contributed by atoms with Crippen LogP contribution in [0.25, 0.3) is 0 Å². The van der Waals surface area contributed by atoms with Gasteiger partial charge in [0.15, 0.2) is 6.10 Å². The van der Waals surface area contributed by atoms with E-state index in [2.05, 4.69) is 5.32 Å². The molecule has 0 aliphatic heterocycles. The Labute approximate surface area is 135 Å². The average Bonchev–Trinajstić information content (AvgIpc) is 2.51. The molecule has 5 heteroatoms. The molecule has 0 saturated heterocycles. The van der Waals surface area contributed by atoms with Crippen LogP contribution in [0.2, 0.25) is 5.02 Å². The first kappa shape index (κ1) is 16.2. The molecule has 0 spiro atoms. The molecule has 22 heavy (non-hydrogen) atoms. The van der Waals surface area contributed by atoms with Gasteiger partial charge in [-0.05, 0) is 55.8 Å². The van der Waals surface area contributed by atoms with Crippen LogP contribution in [0.3, 0.4) is 0 Å². The van der Waals surface area contributed by atoms with Gasteiger partial charge in [-0.1, -0.05) is 17.7 Å². The van der Waals surface area contributed by atoms with Crippen molar-refractivity contribution in [2.75, 3.05) is 12.4 Å². The van der Waals surface area contributed by atoms with Gasteiger partial charge in [0.25, 0.3) is 5.91 Å². The largest absolute Gasteiger partial charge is 0.497 e. The van der Waals surface area contributed by atoms with Crippen LogP contribution in [0, 0.1) is 6.92 Å². The van der Waals surface area contributed by atoms with Crippen molar-refractivity contribution in [1.82, 2.24) is 0 Å². The Morgan fingerprint density at radius 1 is 1.14 bits per heavy atom. The van der Waals surface area contributed by atoms with Crippen molar-refractivity contribution < 1.29 is 14.3 Å². The molecule has 0 aromatic heterocycles. The van der Waals surface area contributed by atoms with Gasteiger partial charge in [-0.15, -0.1) is 0 Å². The van der Waals surface area contributed by atoms with Gasteiger partial charge in [0.2, 0.25) is 0 Å². The maximum Gasteiger partial charge on any atom is 0.265 e. The predicted molar refractivity (Wildman–Crippen MR) is 87.9 cm³/mol. The molecule has 0 aliphatic carbocycles. The van der Waals surface area contributed by atoms with Crippen LogP contribution < -0.4 is 14.8 Å². The quantitative estimate of drug-likeness (QED) is 0.904. The first-order chi connectivity index (χ1) is 10.5. The number of anilines is 1. The van der Waals surface area contributed by atoms with Gasteiger partial charge in [0.05, 0.1) is 7.11 Å².